The third-order valence-electron chi connectivity index (χ3n) is 6.81. The molecule has 0 amide bonds. The molecule has 4 rings (SSSR count). The van der Waals surface area contributed by atoms with Crippen LogP contribution in [-0.4, -0.2) is 39.8 Å². The maximum Gasteiger partial charge on any atom is 0.403 e. The van der Waals surface area contributed by atoms with Gasteiger partial charge in [0.15, 0.2) is 0 Å². The van der Waals surface area contributed by atoms with E-state index in [1.807, 2.05) is 4.57 Å². The number of alkyl halides is 5. The van der Waals surface area contributed by atoms with E-state index < -0.39 is 18.6 Å². The molecule has 1 atom stereocenters. The van der Waals surface area contributed by atoms with Crippen molar-refractivity contribution < 1.29 is 27.1 Å². The van der Waals surface area contributed by atoms with Crippen molar-refractivity contribution in [2.45, 2.75) is 70.1 Å². The Morgan fingerprint density at radius 2 is 1.97 bits per heavy atom. The minimum atomic E-state index is -4.31. The quantitative estimate of drug-likeness (QED) is 0.335. The first kappa shape index (κ1) is 25.9. The van der Waals surface area contributed by atoms with E-state index in [9.17, 15) is 32.3 Å². The zero-order valence-corrected chi connectivity index (χ0v) is 19.7. The van der Waals surface area contributed by atoms with E-state index in [0.29, 0.717) is 39.8 Å². The molecule has 1 unspecified atom stereocenters. The van der Waals surface area contributed by atoms with E-state index in [1.54, 1.807) is 24.4 Å². The fourth-order valence-corrected chi connectivity index (χ4v) is 4.50. The van der Waals surface area contributed by atoms with Gasteiger partial charge < -0.3 is 15.0 Å². The number of aromatic nitrogens is 2. The van der Waals surface area contributed by atoms with Crippen LogP contribution in [0.1, 0.15) is 55.3 Å². The summed E-state index contributed by atoms with van der Waals surface area (Å²) in [5.74, 6) is -0.124. The molecule has 2 aromatic heterocycles. The summed E-state index contributed by atoms with van der Waals surface area (Å²) in [6.07, 6.45) is -2.39. The summed E-state index contributed by atoms with van der Waals surface area (Å²) in [5.41, 5.74) is 3.32. The molecule has 1 fully saturated rings. The SMILES string of the molecule is CC(NCCc1ccc(-c2c(C#N)c3cc(O)c(CCC(F)F)cc3n2C2CCC2)nc1)C(F)(F)F. The van der Waals surface area contributed by atoms with Gasteiger partial charge in [-0.1, -0.05) is 6.07 Å². The average molecular weight is 507 g/mol. The lowest BCUT2D eigenvalue weighted by Crippen LogP contribution is -2.40. The number of hydrogen-bond acceptors (Lipinski definition) is 4. The van der Waals surface area contributed by atoms with Gasteiger partial charge in [-0.3, -0.25) is 4.98 Å². The Labute approximate surface area is 205 Å². The first-order valence-electron chi connectivity index (χ1n) is 11.9. The Kier molecular flexibility index (Phi) is 7.50. The van der Waals surface area contributed by atoms with Crippen LogP contribution in [0.3, 0.4) is 0 Å². The summed E-state index contributed by atoms with van der Waals surface area (Å²) in [4.78, 5) is 4.52. The Morgan fingerprint density at radius 3 is 2.53 bits per heavy atom. The Morgan fingerprint density at radius 1 is 1.22 bits per heavy atom. The summed E-state index contributed by atoms with van der Waals surface area (Å²) >= 11 is 0. The van der Waals surface area contributed by atoms with E-state index in [2.05, 4.69) is 16.4 Å². The monoisotopic (exact) mass is 506 g/mol. The number of aromatic hydroxyl groups is 1. The number of phenolic OH excluding ortho intramolecular Hbond substituents is 1. The zero-order valence-electron chi connectivity index (χ0n) is 19.7. The largest absolute Gasteiger partial charge is 0.508 e. The van der Waals surface area contributed by atoms with Crippen LogP contribution in [0, 0.1) is 11.3 Å². The van der Waals surface area contributed by atoms with Gasteiger partial charge in [0.2, 0.25) is 6.43 Å². The molecule has 5 nitrogen and oxygen atoms in total. The van der Waals surface area contributed by atoms with Crippen molar-refractivity contribution in [3.8, 4) is 23.2 Å². The summed E-state index contributed by atoms with van der Waals surface area (Å²) < 4.78 is 65.7. The summed E-state index contributed by atoms with van der Waals surface area (Å²) in [7, 11) is 0. The van der Waals surface area contributed by atoms with Gasteiger partial charge in [0, 0.05) is 24.0 Å². The number of hydrogen-bond donors (Lipinski definition) is 2. The number of aryl methyl sites for hydroxylation is 1. The maximum absolute atomic E-state index is 12.8. The third kappa shape index (κ3) is 5.31. The van der Waals surface area contributed by atoms with Crippen molar-refractivity contribution in [2.75, 3.05) is 6.54 Å². The standard InChI is InChI=1S/C26H27F5N4O/c1-15(26(29,30)31)33-10-9-16-5-7-21(34-14-16)25-20(13-32)19-12-23(36)17(6-8-24(27)28)11-22(19)35(25)18-3-2-4-18/h5,7,11-12,14-15,18,24,33,36H,2-4,6,8-10H2,1H3. The molecule has 1 aromatic carbocycles. The number of phenols is 1. The fraction of sp³-hybridized carbons (Fsp3) is 0.462. The highest BCUT2D eigenvalue weighted by Gasteiger charge is 2.35. The molecule has 1 aliphatic rings. The smallest absolute Gasteiger partial charge is 0.403 e. The number of nitrogens with one attached hydrogen (secondary N) is 1. The fourth-order valence-electron chi connectivity index (χ4n) is 4.50. The number of rotatable bonds is 9. The topological polar surface area (TPSA) is 73.9 Å². The van der Waals surface area contributed by atoms with E-state index in [-0.39, 0.29) is 31.2 Å². The Balaban J connectivity index is 1.68. The highest BCUT2D eigenvalue weighted by molar-refractivity contribution is 5.95. The molecular formula is C26H27F5N4O. The maximum atomic E-state index is 12.8. The van der Waals surface area contributed by atoms with Crippen LogP contribution in [0.5, 0.6) is 5.75 Å². The van der Waals surface area contributed by atoms with Crippen molar-refractivity contribution in [2.24, 2.45) is 0 Å². The molecule has 0 bridgehead atoms. The van der Waals surface area contributed by atoms with Crippen LogP contribution >= 0.6 is 0 Å². The van der Waals surface area contributed by atoms with Crippen molar-refractivity contribution in [1.29, 1.82) is 5.26 Å². The second kappa shape index (κ2) is 10.4. The molecule has 0 radical (unpaired) electrons. The van der Waals surface area contributed by atoms with Gasteiger partial charge in [0.05, 0.1) is 22.5 Å². The molecule has 1 saturated carbocycles. The van der Waals surface area contributed by atoms with E-state index >= 15 is 0 Å². The molecule has 2 heterocycles. The van der Waals surface area contributed by atoms with Crippen molar-refractivity contribution in [3.63, 3.8) is 0 Å². The number of fused-ring (bicyclic) bond motifs is 1. The number of benzene rings is 1. The van der Waals surface area contributed by atoms with Crippen LogP contribution in [0.2, 0.25) is 0 Å². The molecule has 0 spiro atoms. The molecule has 3 aromatic rings. The lowest BCUT2D eigenvalue weighted by Gasteiger charge is -2.30. The average Bonchev–Trinajstić information content (AvgIpc) is 3.08. The molecule has 0 saturated heterocycles. The van der Waals surface area contributed by atoms with Gasteiger partial charge in [-0.15, -0.1) is 0 Å². The lowest BCUT2D eigenvalue weighted by molar-refractivity contribution is -0.151. The summed E-state index contributed by atoms with van der Waals surface area (Å²) in [6, 6.07) is 7.41. The highest BCUT2D eigenvalue weighted by Crippen LogP contribution is 2.43. The van der Waals surface area contributed by atoms with Crippen molar-refractivity contribution in [3.05, 3.63) is 47.2 Å². The van der Waals surface area contributed by atoms with Crippen LogP contribution in [0.25, 0.3) is 22.3 Å². The van der Waals surface area contributed by atoms with Crippen LogP contribution in [0.4, 0.5) is 22.0 Å². The van der Waals surface area contributed by atoms with Gasteiger partial charge >= 0.3 is 6.18 Å². The number of pyridine rings is 1. The predicted octanol–water partition coefficient (Wildman–Crippen LogP) is 6.29. The van der Waals surface area contributed by atoms with Crippen molar-refractivity contribution in [1.82, 2.24) is 14.9 Å². The van der Waals surface area contributed by atoms with Gasteiger partial charge in [-0.05, 0) is 74.9 Å². The van der Waals surface area contributed by atoms with Gasteiger partial charge in [0.25, 0.3) is 0 Å². The molecule has 10 heteroatoms. The van der Waals surface area contributed by atoms with Gasteiger partial charge in [-0.25, -0.2) is 8.78 Å². The first-order chi connectivity index (χ1) is 17.1. The third-order valence-corrected chi connectivity index (χ3v) is 6.81. The van der Waals surface area contributed by atoms with Crippen LogP contribution in [0.15, 0.2) is 30.5 Å². The minimum absolute atomic E-state index is 0.0143. The number of halogens is 5. The molecule has 1 aliphatic carbocycles. The molecule has 192 valence electrons. The predicted molar refractivity (Wildman–Crippen MR) is 126 cm³/mol. The van der Waals surface area contributed by atoms with Gasteiger partial charge in [-0.2, -0.15) is 18.4 Å². The second-order valence-corrected chi connectivity index (χ2v) is 9.24. The summed E-state index contributed by atoms with van der Waals surface area (Å²) in [6.45, 7) is 1.20. The van der Waals surface area contributed by atoms with Gasteiger partial charge in [0.1, 0.15) is 17.9 Å². The van der Waals surface area contributed by atoms with E-state index in [4.69, 9.17) is 0 Å². The van der Waals surface area contributed by atoms with E-state index in [0.717, 1.165) is 31.7 Å². The molecule has 36 heavy (non-hydrogen) atoms. The normalized spacial score (nSPS) is 15.3. The Bertz CT molecular complexity index is 1260. The molecule has 0 aliphatic heterocycles. The molecular weight excluding hydrogens is 479 g/mol. The van der Waals surface area contributed by atoms with E-state index in [1.165, 1.54) is 6.07 Å². The Hall–Kier alpha value is -3.19. The number of nitrogens with zero attached hydrogens (tertiary/aromatic N) is 3. The molecule has 2 N–H and O–H groups in total. The van der Waals surface area contributed by atoms with Crippen LogP contribution in [-0.2, 0) is 12.8 Å². The first-order valence-corrected chi connectivity index (χ1v) is 11.9. The van der Waals surface area contributed by atoms with Crippen molar-refractivity contribution >= 4 is 10.9 Å². The number of nitriles is 1. The zero-order chi connectivity index (χ0) is 26.0. The lowest BCUT2D eigenvalue weighted by atomic mass is 9.92. The van der Waals surface area contributed by atoms with Crippen LogP contribution < -0.4 is 5.32 Å². The second-order valence-electron chi connectivity index (χ2n) is 9.24. The summed E-state index contributed by atoms with van der Waals surface area (Å²) in [5, 5.41) is 23.5. The minimum Gasteiger partial charge on any atom is -0.508 e. The highest BCUT2D eigenvalue weighted by atomic mass is 19.4.